The van der Waals surface area contributed by atoms with Crippen molar-refractivity contribution in [3.05, 3.63) is 90.5 Å². The van der Waals surface area contributed by atoms with Crippen molar-refractivity contribution in [1.82, 2.24) is 0 Å². The first-order valence-corrected chi connectivity index (χ1v) is 7.77. The average molecular weight is 299 g/mol. The fourth-order valence-corrected chi connectivity index (χ4v) is 4.30. The van der Waals surface area contributed by atoms with Crippen molar-refractivity contribution in [2.45, 2.75) is 14.7 Å². The second-order valence-corrected chi connectivity index (χ2v) is 6.56. The van der Waals surface area contributed by atoms with Gasteiger partial charge in [-0.1, -0.05) is 36.4 Å². The summed E-state index contributed by atoms with van der Waals surface area (Å²) in [6.07, 6.45) is 0. The van der Waals surface area contributed by atoms with Crippen LogP contribution in [0.2, 0.25) is 0 Å². The first-order valence-electron chi connectivity index (χ1n) is 6.54. The zero-order chi connectivity index (χ0) is 14.7. The van der Waals surface area contributed by atoms with Crippen molar-refractivity contribution in [3.8, 4) is 0 Å². The Morgan fingerprint density at radius 1 is 0.524 bits per heavy atom. The highest BCUT2D eigenvalue weighted by Gasteiger charge is 2.29. The molecule has 0 spiro atoms. The fourth-order valence-electron chi connectivity index (χ4n) is 2.17. The van der Waals surface area contributed by atoms with Crippen LogP contribution >= 0.6 is 0 Å². The molecule has 0 radical (unpaired) electrons. The minimum atomic E-state index is -0.547. The topological polar surface area (TPSA) is 0 Å². The summed E-state index contributed by atoms with van der Waals surface area (Å²) in [5.41, 5.74) is 0. The third-order valence-corrected chi connectivity index (χ3v) is 5.22. The molecule has 0 unspecified atom stereocenters. The molecule has 0 amide bonds. The van der Waals surface area contributed by atoms with Crippen molar-refractivity contribution in [1.29, 1.82) is 0 Å². The molecule has 3 aromatic rings. The molecule has 0 atom stereocenters. The lowest BCUT2D eigenvalue weighted by Gasteiger charge is -2.08. The predicted octanol–water partition coefficient (Wildman–Crippen LogP) is 5.06. The van der Waals surface area contributed by atoms with Crippen molar-refractivity contribution >= 4 is 10.9 Å². The van der Waals surface area contributed by atoms with Gasteiger partial charge in [0.1, 0.15) is 11.6 Å². The Morgan fingerprint density at radius 2 is 0.952 bits per heavy atom. The highest BCUT2D eigenvalue weighted by Crippen LogP contribution is 2.31. The second-order valence-electron chi connectivity index (χ2n) is 4.54. The Morgan fingerprint density at radius 3 is 1.38 bits per heavy atom. The van der Waals surface area contributed by atoms with Crippen molar-refractivity contribution < 1.29 is 8.78 Å². The molecule has 0 fully saturated rings. The van der Waals surface area contributed by atoms with Gasteiger partial charge >= 0.3 is 0 Å². The molecule has 0 saturated carbocycles. The van der Waals surface area contributed by atoms with E-state index in [9.17, 15) is 8.78 Å². The summed E-state index contributed by atoms with van der Waals surface area (Å²) in [5, 5.41) is 0. The van der Waals surface area contributed by atoms with E-state index in [2.05, 4.69) is 0 Å². The Labute approximate surface area is 125 Å². The minimum absolute atomic E-state index is 0.515. The van der Waals surface area contributed by atoms with Crippen LogP contribution in [-0.2, 0) is 10.9 Å². The highest BCUT2D eigenvalue weighted by molar-refractivity contribution is 7.97. The number of rotatable bonds is 3. The molecule has 0 saturated heterocycles. The summed E-state index contributed by atoms with van der Waals surface area (Å²) in [5.74, 6) is -1.09. The van der Waals surface area contributed by atoms with Gasteiger partial charge in [-0.15, -0.1) is 0 Å². The van der Waals surface area contributed by atoms with E-state index in [1.54, 1.807) is 0 Å². The van der Waals surface area contributed by atoms with E-state index in [4.69, 9.17) is 0 Å². The lowest BCUT2D eigenvalue weighted by molar-refractivity contribution is 0.577. The molecule has 3 heteroatoms. The maximum atomic E-state index is 13.6. The van der Waals surface area contributed by atoms with E-state index in [0.29, 0.717) is 4.90 Å². The van der Waals surface area contributed by atoms with E-state index >= 15 is 0 Å². The van der Waals surface area contributed by atoms with Crippen LogP contribution < -0.4 is 0 Å². The molecule has 0 aliphatic rings. The summed E-state index contributed by atoms with van der Waals surface area (Å²) < 4.78 is 27.2. The SMILES string of the molecule is Fc1cc(F)cc([S+](c2ccccc2)c2ccccc2)c1. The standard InChI is InChI=1S/C18H13F2S/c19-14-11-15(20)13-18(12-14)21(16-7-3-1-4-8-16)17-9-5-2-6-10-17/h1-13H/q+1. The van der Waals surface area contributed by atoms with Gasteiger partial charge in [0, 0.05) is 18.2 Å². The van der Waals surface area contributed by atoms with Gasteiger partial charge < -0.3 is 0 Å². The highest BCUT2D eigenvalue weighted by atomic mass is 32.2. The largest absolute Gasteiger partial charge is 0.207 e. The summed E-state index contributed by atoms with van der Waals surface area (Å²) in [7, 11) is -0.515. The molecule has 3 aromatic carbocycles. The van der Waals surface area contributed by atoms with E-state index in [0.717, 1.165) is 15.9 Å². The summed E-state index contributed by atoms with van der Waals surface area (Å²) in [6, 6.07) is 23.3. The first kappa shape index (κ1) is 13.8. The van der Waals surface area contributed by atoms with Crippen molar-refractivity contribution in [2.75, 3.05) is 0 Å². The quantitative estimate of drug-likeness (QED) is 0.593. The fraction of sp³-hybridized carbons (Fsp3) is 0. The number of benzene rings is 3. The van der Waals surface area contributed by atoms with Gasteiger partial charge in [0.05, 0.1) is 10.9 Å². The number of hydrogen-bond acceptors (Lipinski definition) is 0. The first-order chi connectivity index (χ1) is 10.2. The van der Waals surface area contributed by atoms with Crippen LogP contribution in [0.3, 0.4) is 0 Å². The molecule has 0 aliphatic heterocycles. The van der Waals surface area contributed by atoms with Crippen LogP contribution in [0.15, 0.2) is 93.5 Å². The molecule has 0 heterocycles. The van der Waals surface area contributed by atoms with Crippen LogP contribution in [0.1, 0.15) is 0 Å². The molecule has 0 bridgehead atoms. The second kappa shape index (κ2) is 6.10. The maximum Gasteiger partial charge on any atom is 0.172 e. The van der Waals surface area contributed by atoms with Gasteiger partial charge in [-0.25, -0.2) is 8.78 Å². The average Bonchev–Trinajstić information content (AvgIpc) is 2.49. The van der Waals surface area contributed by atoms with Gasteiger partial charge in [0.25, 0.3) is 0 Å². The van der Waals surface area contributed by atoms with Crippen LogP contribution in [0.4, 0.5) is 8.78 Å². The van der Waals surface area contributed by atoms with Crippen molar-refractivity contribution in [2.24, 2.45) is 0 Å². The van der Waals surface area contributed by atoms with Crippen LogP contribution in [0.25, 0.3) is 0 Å². The van der Waals surface area contributed by atoms with Gasteiger partial charge in [-0.2, -0.15) is 0 Å². The smallest absolute Gasteiger partial charge is 0.172 e. The molecule has 104 valence electrons. The summed E-state index contributed by atoms with van der Waals surface area (Å²) in [6.45, 7) is 0. The van der Waals surface area contributed by atoms with E-state index in [1.807, 2.05) is 60.7 Å². The molecule has 0 aromatic heterocycles. The monoisotopic (exact) mass is 299 g/mol. The molecule has 0 nitrogen and oxygen atoms in total. The third-order valence-electron chi connectivity index (χ3n) is 3.03. The summed E-state index contributed by atoms with van der Waals surface area (Å²) in [4.78, 5) is 2.72. The molecule has 3 rings (SSSR count). The zero-order valence-corrected chi connectivity index (χ0v) is 12.0. The Kier molecular flexibility index (Phi) is 4.02. The van der Waals surface area contributed by atoms with E-state index < -0.39 is 22.5 Å². The van der Waals surface area contributed by atoms with Crippen LogP contribution in [0, 0.1) is 11.6 Å². The Bertz CT molecular complexity index is 667. The van der Waals surface area contributed by atoms with Gasteiger partial charge in [0.15, 0.2) is 14.7 Å². The third kappa shape index (κ3) is 3.14. The number of halogens is 2. The van der Waals surface area contributed by atoms with Gasteiger partial charge in [0.2, 0.25) is 0 Å². The minimum Gasteiger partial charge on any atom is -0.207 e. The Hall–Kier alpha value is -2.13. The van der Waals surface area contributed by atoms with Crippen LogP contribution in [-0.4, -0.2) is 0 Å². The Balaban J connectivity index is 2.17. The van der Waals surface area contributed by atoms with Gasteiger partial charge in [-0.05, 0) is 24.3 Å². The van der Waals surface area contributed by atoms with E-state index in [1.165, 1.54) is 12.1 Å². The maximum absolute atomic E-state index is 13.6. The van der Waals surface area contributed by atoms with Gasteiger partial charge in [-0.3, -0.25) is 0 Å². The molecule has 0 N–H and O–H groups in total. The molecular formula is C18H13F2S+. The molecule has 0 aliphatic carbocycles. The summed E-state index contributed by atoms with van der Waals surface area (Å²) >= 11 is 0. The van der Waals surface area contributed by atoms with Crippen LogP contribution in [0.5, 0.6) is 0 Å². The normalized spacial score (nSPS) is 10.8. The van der Waals surface area contributed by atoms with Crippen molar-refractivity contribution in [3.63, 3.8) is 0 Å². The molecular weight excluding hydrogens is 286 g/mol. The lowest BCUT2D eigenvalue weighted by Crippen LogP contribution is -2.05. The molecule has 21 heavy (non-hydrogen) atoms. The predicted molar refractivity (Wildman–Crippen MR) is 81.4 cm³/mol. The lowest BCUT2D eigenvalue weighted by atomic mass is 10.3. The number of hydrogen-bond donors (Lipinski definition) is 0. The van der Waals surface area contributed by atoms with E-state index in [-0.39, 0.29) is 0 Å². The zero-order valence-electron chi connectivity index (χ0n) is 11.2.